The van der Waals surface area contributed by atoms with Gasteiger partial charge in [-0.05, 0) is 55.9 Å². The van der Waals surface area contributed by atoms with Crippen molar-refractivity contribution in [1.29, 1.82) is 0 Å². The predicted molar refractivity (Wildman–Crippen MR) is 91.9 cm³/mol. The fraction of sp³-hybridized carbons (Fsp3) is 0.714. The van der Waals surface area contributed by atoms with E-state index in [1.54, 1.807) is 12.1 Å². The molecule has 0 spiro atoms. The molecule has 0 unspecified atom stereocenters. The molecule has 1 aromatic rings. The van der Waals surface area contributed by atoms with Crippen LogP contribution in [0.4, 0.5) is 8.78 Å². The van der Waals surface area contributed by atoms with Crippen molar-refractivity contribution in [3.8, 4) is 0 Å². The number of hydrogen-bond donors (Lipinski definition) is 0. The first-order chi connectivity index (χ1) is 11.1. The van der Waals surface area contributed by atoms with Crippen LogP contribution in [0.2, 0.25) is 0 Å². The molecule has 128 valence electrons. The van der Waals surface area contributed by atoms with Gasteiger partial charge in [-0.2, -0.15) is 0 Å². The highest BCUT2D eigenvalue weighted by Gasteiger charge is 2.43. The first-order valence-corrected chi connectivity index (χ1v) is 9.60. The summed E-state index contributed by atoms with van der Waals surface area (Å²) in [5, 5.41) is 0. The molecule has 2 heteroatoms. The van der Waals surface area contributed by atoms with Crippen molar-refractivity contribution in [2.24, 2.45) is 11.8 Å². The van der Waals surface area contributed by atoms with Crippen LogP contribution in [-0.2, 0) is 5.92 Å². The van der Waals surface area contributed by atoms with E-state index in [0.717, 1.165) is 43.6 Å². The smallest absolute Gasteiger partial charge is 0.201 e. The minimum Gasteiger partial charge on any atom is -0.201 e. The fourth-order valence-corrected chi connectivity index (χ4v) is 4.72. The molecule has 0 aromatic heterocycles. The summed E-state index contributed by atoms with van der Waals surface area (Å²) in [5.41, 5.74) is 1.28. The van der Waals surface area contributed by atoms with Gasteiger partial charge in [0.25, 0.3) is 5.92 Å². The lowest BCUT2D eigenvalue weighted by molar-refractivity contribution is -0.0787. The van der Waals surface area contributed by atoms with Crippen LogP contribution in [-0.4, -0.2) is 0 Å². The molecular formula is C21H30F2. The number of hydrogen-bond acceptors (Lipinski definition) is 0. The Bertz CT molecular complexity index is 494. The van der Waals surface area contributed by atoms with E-state index in [1.165, 1.54) is 19.3 Å². The van der Waals surface area contributed by atoms with E-state index in [9.17, 15) is 0 Å². The van der Waals surface area contributed by atoms with E-state index in [4.69, 9.17) is 0 Å². The highest BCUT2D eigenvalue weighted by atomic mass is 19.3. The van der Waals surface area contributed by atoms with Crippen molar-refractivity contribution in [2.45, 2.75) is 83.0 Å². The first-order valence-electron chi connectivity index (χ1n) is 9.60. The van der Waals surface area contributed by atoms with Crippen molar-refractivity contribution < 1.29 is 8.78 Å². The largest absolute Gasteiger partial charge is 0.276 e. The molecule has 0 amide bonds. The van der Waals surface area contributed by atoms with Gasteiger partial charge in [0.15, 0.2) is 0 Å². The Morgan fingerprint density at radius 3 is 2.22 bits per heavy atom. The lowest BCUT2D eigenvalue weighted by Gasteiger charge is -2.34. The van der Waals surface area contributed by atoms with Crippen LogP contribution in [0, 0.1) is 11.8 Å². The number of benzene rings is 1. The van der Waals surface area contributed by atoms with Gasteiger partial charge in [-0.15, -0.1) is 0 Å². The van der Waals surface area contributed by atoms with Gasteiger partial charge in [-0.25, -0.2) is 8.78 Å². The predicted octanol–water partition coefficient (Wildman–Crippen LogP) is 7.04. The molecule has 2 aliphatic rings. The zero-order chi connectivity index (χ0) is 16.3. The molecule has 2 fully saturated rings. The van der Waals surface area contributed by atoms with Crippen LogP contribution >= 0.6 is 0 Å². The normalized spacial score (nSPS) is 27.1. The Labute approximate surface area is 139 Å². The highest BCUT2D eigenvalue weighted by Crippen LogP contribution is 2.48. The summed E-state index contributed by atoms with van der Waals surface area (Å²) >= 11 is 0. The van der Waals surface area contributed by atoms with E-state index in [0.29, 0.717) is 24.3 Å². The molecule has 0 heterocycles. The summed E-state index contributed by atoms with van der Waals surface area (Å²) in [6, 6.07) is 7.42. The van der Waals surface area contributed by atoms with E-state index in [-0.39, 0.29) is 0 Å². The molecule has 0 radical (unpaired) electrons. The zero-order valence-electron chi connectivity index (χ0n) is 14.4. The van der Waals surface area contributed by atoms with Gasteiger partial charge in [0.05, 0.1) is 0 Å². The molecule has 0 atom stereocenters. The topological polar surface area (TPSA) is 0 Å². The average molecular weight is 320 g/mol. The van der Waals surface area contributed by atoms with Crippen molar-refractivity contribution >= 4 is 0 Å². The van der Waals surface area contributed by atoms with Gasteiger partial charge in [-0.3, -0.25) is 0 Å². The van der Waals surface area contributed by atoms with Crippen LogP contribution < -0.4 is 0 Å². The monoisotopic (exact) mass is 320 g/mol. The molecule has 0 saturated heterocycles. The molecule has 2 saturated carbocycles. The maximum Gasteiger partial charge on any atom is 0.276 e. The zero-order valence-corrected chi connectivity index (χ0v) is 14.4. The molecule has 0 N–H and O–H groups in total. The average Bonchev–Trinajstić information content (AvgIpc) is 2.62. The van der Waals surface area contributed by atoms with Gasteiger partial charge in [0, 0.05) is 11.5 Å². The third-order valence-electron chi connectivity index (χ3n) is 6.30. The van der Waals surface area contributed by atoms with Crippen molar-refractivity contribution in [3.63, 3.8) is 0 Å². The summed E-state index contributed by atoms with van der Waals surface area (Å²) in [5.74, 6) is -1.97. The molecule has 1 aromatic carbocycles. The Morgan fingerprint density at radius 1 is 0.913 bits per heavy atom. The minimum absolute atomic E-state index is 0.337. The summed E-state index contributed by atoms with van der Waals surface area (Å²) in [6.45, 7) is 2.25. The SMILES string of the molecule is CC[C@H]1CC[C@H](c2ccccc2C(F)(F)C2CCCCC2)CC1. The molecule has 0 nitrogen and oxygen atoms in total. The lowest BCUT2D eigenvalue weighted by Crippen LogP contribution is -2.29. The van der Waals surface area contributed by atoms with Crippen molar-refractivity contribution in [3.05, 3.63) is 35.4 Å². The molecule has 3 rings (SSSR count). The Balaban J connectivity index is 1.82. The molecule has 2 aliphatic carbocycles. The Morgan fingerprint density at radius 2 is 1.57 bits per heavy atom. The van der Waals surface area contributed by atoms with Gasteiger partial charge >= 0.3 is 0 Å². The van der Waals surface area contributed by atoms with Crippen LogP contribution in [0.25, 0.3) is 0 Å². The summed E-state index contributed by atoms with van der Waals surface area (Å²) in [7, 11) is 0. The van der Waals surface area contributed by atoms with Gasteiger partial charge in [-0.1, -0.05) is 56.9 Å². The summed E-state index contributed by atoms with van der Waals surface area (Å²) < 4.78 is 30.4. The molecule has 0 aliphatic heterocycles. The van der Waals surface area contributed by atoms with Crippen LogP contribution in [0.15, 0.2) is 24.3 Å². The van der Waals surface area contributed by atoms with Gasteiger partial charge in [0.1, 0.15) is 0 Å². The minimum atomic E-state index is -2.65. The maximum absolute atomic E-state index is 15.2. The Hall–Kier alpha value is -0.920. The second-order valence-corrected chi connectivity index (χ2v) is 7.67. The van der Waals surface area contributed by atoms with Crippen LogP contribution in [0.3, 0.4) is 0 Å². The third-order valence-corrected chi connectivity index (χ3v) is 6.30. The standard InChI is InChI=1S/C21H30F2/c1-2-16-12-14-17(15-13-16)19-10-6-7-11-20(19)21(22,23)18-8-4-3-5-9-18/h6-7,10-11,16-18H,2-5,8-9,12-15H2,1H3/t16-,17-. The first kappa shape index (κ1) is 16.9. The van der Waals surface area contributed by atoms with E-state index < -0.39 is 11.8 Å². The van der Waals surface area contributed by atoms with E-state index in [1.807, 2.05) is 12.1 Å². The second-order valence-electron chi connectivity index (χ2n) is 7.67. The molecule has 23 heavy (non-hydrogen) atoms. The van der Waals surface area contributed by atoms with E-state index >= 15 is 8.78 Å². The molecule has 0 bridgehead atoms. The van der Waals surface area contributed by atoms with Crippen molar-refractivity contribution in [1.82, 2.24) is 0 Å². The second kappa shape index (κ2) is 7.32. The molecular weight excluding hydrogens is 290 g/mol. The quantitative estimate of drug-likeness (QED) is 0.558. The van der Waals surface area contributed by atoms with Gasteiger partial charge < -0.3 is 0 Å². The van der Waals surface area contributed by atoms with Crippen molar-refractivity contribution in [2.75, 3.05) is 0 Å². The maximum atomic E-state index is 15.2. The summed E-state index contributed by atoms with van der Waals surface area (Å²) in [6.07, 6.45) is 10.2. The van der Waals surface area contributed by atoms with Crippen LogP contribution in [0.5, 0.6) is 0 Å². The highest BCUT2D eigenvalue weighted by molar-refractivity contribution is 5.35. The number of alkyl halides is 2. The number of halogens is 2. The summed E-state index contributed by atoms with van der Waals surface area (Å²) in [4.78, 5) is 0. The lowest BCUT2D eigenvalue weighted by atomic mass is 9.74. The van der Waals surface area contributed by atoms with Gasteiger partial charge in [0.2, 0.25) is 0 Å². The third kappa shape index (κ3) is 3.61. The Kier molecular flexibility index (Phi) is 5.38. The number of rotatable bonds is 4. The van der Waals surface area contributed by atoms with E-state index in [2.05, 4.69) is 6.92 Å². The van der Waals surface area contributed by atoms with Crippen LogP contribution in [0.1, 0.15) is 88.2 Å². The fourth-order valence-electron chi connectivity index (χ4n) is 4.72.